The first-order chi connectivity index (χ1) is 6.24. The van der Waals surface area contributed by atoms with E-state index in [4.69, 9.17) is 11.6 Å². The summed E-state index contributed by atoms with van der Waals surface area (Å²) in [7, 11) is 0. The Kier molecular flexibility index (Phi) is 2.41. The van der Waals surface area contributed by atoms with Gasteiger partial charge in [-0.15, -0.1) is 23.1 Å². The van der Waals surface area contributed by atoms with Crippen LogP contribution < -0.4 is 0 Å². The normalized spacial score (nSPS) is 10.9. The maximum absolute atomic E-state index is 9.56. The van der Waals surface area contributed by atoms with Crippen molar-refractivity contribution in [1.29, 1.82) is 0 Å². The summed E-state index contributed by atoms with van der Waals surface area (Å²) >= 11 is 9.08. The molecule has 0 atom stereocenters. The minimum atomic E-state index is 0.332. The van der Waals surface area contributed by atoms with Crippen molar-refractivity contribution >= 4 is 44.8 Å². The highest BCUT2D eigenvalue weighted by Gasteiger charge is 2.09. The number of fused-ring (bicyclic) bond motifs is 1. The Bertz CT molecular complexity index is 450. The lowest BCUT2D eigenvalue weighted by Crippen LogP contribution is -1.73. The summed E-state index contributed by atoms with van der Waals surface area (Å²) in [6.07, 6.45) is 1.95. The zero-order chi connectivity index (χ0) is 9.42. The first-order valence-electron chi connectivity index (χ1n) is 3.66. The van der Waals surface area contributed by atoms with Gasteiger partial charge in [-0.3, -0.25) is 0 Å². The predicted molar refractivity (Wildman–Crippen MR) is 60.3 cm³/mol. The van der Waals surface area contributed by atoms with Crippen LogP contribution in [-0.2, 0) is 0 Å². The van der Waals surface area contributed by atoms with Crippen LogP contribution in [0.4, 0.5) is 0 Å². The third-order valence-corrected chi connectivity index (χ3v) is 4.24. The van der Waals surface area contributed by atoms with E-state index in [9.17, 15) is 5.11 Å². The van der Waals surface area contributed by atoms with Crippen molar-refractivity contribution in [2.75, 3.05) is 6.26 Å². The minimum absolute atomic E-state index is 0.332. The van der Waals surface area contributed by atoms with Crippen molar-refractivity contribution in [3.63, 3.8) is 0 Å². The Balaban J connectivity index is 2.85. The van der Waals surface area contributed by atoms with Gasteiger partial charge in [0.15, 0.2) is 0 Å². The number of phenolic OH excluding ortho intramolecular Hbond substituents is 1. The Labute approximate surface area is 89.3 Å². The molecular formula is C9H7ClOS2. The van der Waals surface area contributed by atoms with Crippen LogP contribution in [0.3, 0.4) is 0 Å². The summed E-state index contributed by atoms with van der Waals surface area (Å²) < 4.78 is 1.07. The molecule has 0 amide bonds. The summed E-state index contributed by atoms with van der Waals surface area (Å²) in [5, 5.41) is 13.2. The number of thiophene rings is 1. The highest BCUT2D eigenvalue weighted by atomic mass is 35.5. The van der Waals surface area contributed by atoms with E-state index in [0.29, 0.717) is 5.75 Å². The number of hydrogen-bond acceptors (Lipinski definition) is 3. The average Bonchev–Trinajstić information content (AvgIpc) is 2.48. The molecule has 1 aromatic heterocycles. The number of phenols is 1. The van der Waals surface area contributed by atoms with E-state index in [2.05, 4.69) is 0 Å². The zero-order valence-electron chi connectivity index (χ0n) is 6.87. The van der Waals surface area contributed by atoms with Crippen LogP contribution in [0.1, 0.15) is 0 Å². The van der Waals surface area contributed by atoms with Crippen LogP contribution in [0.5, 0.6) is 5.75 Å². The van der Waals surface area contributed by atoms with Crippen molar-refractivity contribution in [3.8, 4) is 5.75 Å². The van der Waals surface area contributed by atoms with Gasteiger partial charge in [-0.1, -0.05) is 11.6 Å². The van der Waals surface area contributed by atoms with Gasteiger partial charge < -0.3 is 5.11 Å². The molecule has 68 valence electrons. The third-order valence-electron chi connectivity index (χ3n) is 1.83. The molecule has 0 saturated carbocycles. The molecule has 0 unspecified atom stereocenters. The third kappa shape index (κ3) is 1.41. The van der Waals surface area contributed by atoms with Crippen LogP contribution in [0.15, 0.2) is 22.4 Å². The predicted octanol–water partition coefficient (Wildman–Crippen LogP) is 3.98. The molecule has 1 aromatic carbocycles. The molecule has 13 heavy (non-hydrogen) atoms. The summed E-state index contributed by atoms with van der Waals surface area (Å²) in [6, 6.07) is 3.54. The number of rotatable bonds is 1. The quantitative estimate of drug-likeness (QED) is 0.748. The van der Waals surface area contributed by atoms with Gasteiger partial charge in [0.2, 0.25) is 0 Å². The molecule has 0 aliphatic rings. The molecule has 0 radical (unpaired) electrons. The highest BCUT2D eigenvalue weighted by Crippen LogP contribution is 2.40. The Morgan fingerprint density at radius 1 is 1.46 bits per heavy atom. The van der Waals surface area contributed by atoms with Crippen LogP contribution >= 0.6 is 34.7 Å². The number of benzene rings is 1. The largest absolute Gasteiger partial charge is 0.507 e. The second kappa shape index (κ2) is 3.40. The monoisotopic (exact) mass is 230 g/mol. The number of aromatic hydroxyl groups is 1. The van der Waals surface area contributed by atoms with Gasteiger partial charge in [0, 0.05) is 10.8 Å². The van der Waals surface area contributed by atoms with Gasteiger partial charge in [0.25, 0.3) is 0 Å². The lowest BCUT2D eigenvalue weighted by atomic mass is 10.2. The topological polar surface area (TPSA) is 20.2 Å². The van der Waals surface area contributed by atoms with Crippen molar-refractivity contribution in [1.82, 2.24) is 0 Å². The van der Waals surface area contributed by atoms with Crippen LogP contribution in [0.25, 0.3) is 10.1 Å². The molecule has 4 heteroatoms. The molecule has 1 N–H and O–H groups in total. The van der Waals surface area contributed by atoms with E-state index in [1.54, 1.807) is 29.2 Å². The van der Waals surface area contributed by atoms with Crippen molar-refractivity contribution in [3.05, 3.63) is 22.5 Å². The first-order valence-corrected chi connectivity index (χ1v) is 6.15. The molecule has 0 spiro atoms. The van der Waals surface area contributed by atoms with Crippen molar-refractivity contribution in [2.24, 2.45) is 0 Å². The molecule has 0 aliphatic heterocycles. The molecule has 2 aromatic rings. The number of halogens is 1. The van der Waals surface area contributed by atoms with E-state index >= 15 is 0 Å². The number of hydrogen-bond donors (Lipinski definition) is 1. The Morgan fingerprint density at radius 3 is 2.92 bits per heavy atom. The lowest BCUT2D eigenvalue weighted by molar-refractivity contribution is 0.464. The molecule has 0 aliphatic carbocycles. The Morgan fingerprint density at radius 2 is 2.23 bits per heavy atom. The van der Waals surface area contributed by atoms with E-state index in [1.807, 2.05) is 17.7 Å². The number of thioether (sulfide) groups is 1. The fourth-order valence-electron chi connectivity index (χ4n) is 1.23. The SMILES string of the molecule is CSc1c(O)ccc2c(Cl)csc12. The van der Waals surface area contributed by atoms with Gasteiger partial charge in [-0.05, 0) is 18.4 Å². The second-order valence-corrected chi connectivity index (χ2v) is 4.68. The summed E-state index contributed by atoms with van der Waals surface area (Å²) in [4.78, 5) is 0.911. The smallest absolute Gasteiger partial charge is 0.130 e. The van der Waals surface area contributed by atoms with E-state index in [1.165, 1.54) is 0 Å². The molecule has 0 saturated heterocycles. The molecule has 1 nitrogen and oxygen atoms in total. The van der Waals surface area contributed by atoms with E-state index in [0.717, 1.165) is 20.0 Å². The maximum atomic E-state index is 9.56. The van der Waals surface area contributed by atoms with Crippen LogP contribution in [0, 0.1) is 0 Å². The van der Waals surface area contributed by atoms with Crippen LogP contribution in [-0.4, -0.2) is 11.4 Å². The molecule has 0 fully saturated rings. The van der Waals surface area contributed by atoms with Gasteiger partial charge in [0.05, 0.1) is 14.6 Å². The molecule has 1 heterocycles. The highest BCUT2D eigenvalue weighted by molar-refractivity contribution is 7.99. The minimum Gasteiger partial charge on any atom is -0.507 e. The van der Waals surface area contributed by atoms with Gasteiger partial charge >= 0.3 is 0 Å². The second-order valence-electron chi connectivity index (χ2n) is 2.58. The van der Waals surface area contributed by atoms with E-state index < -0.39 is 0 Å². The Hall–Kier alpha value is -0.380. The van der Waals surface area contributed by atoms with Crippen molar-refractivity contribution < 1.29 is 5.11 Å². The summed E-state index contributed by atoms with van der Waals surface area (Å²) in [5.41, 5.74) is 0. The zero-order valence-corrected chi connectivity index (χ0v) is 9.26. The fourth-order valence-corrected chi connectivity index (χ4v) is 3.41. The lowest BCUT2D eigenvalue weighted by Gasteiger charge is -2.01. The maximum Gasteiger partial charge on any atom is 0.130 e. The molecule has 0 bridgehead atoms. The van der Waals surface area contributed by atoms with Crippen molar-refractivity contribution in [2.45, 2.75) is 4.90 Å². The van der Waals surface area contributed by atoms with Gasteiger partial charge in [-0.2, -0.15) is 0 Å². The van der Waals surface area contributed by atoms with Crippen LogP contribution in [0.2, 0.25) is 5.02 Å². The summed E-state index contributed by atoms with van der Waals surface area (Å²) in [5.74, 6) is 0.332. The van der Waals surface area contributed by atoms with Gasteiger partial charge in [0.1, 0.15) is 5.75 Å². The molecular weight excluding hydrogens is 224 g/mol. The standard InChI is InChI=1S/C9H7ClOS2/c1-12-9-7(11)3-2-5-6(10)4-13-8(5)9/h2-4,11H,1H3. The van der Waals surface area contributed by atoms with E-state index in [-0.39, 0.29) is 0 Å². The first kappa shape index (κ1) is 9.19. The average molecular weight is 231 g/mol. The fraction of sp³-hybridized carbons (Fsp3) is 0.111. The summed E-state index contributed by atoms with van der Waals surface area (Å²) in [6.45, 7) is 0. The van der Waals surface area contributed by atoms with Gasteiger partial charge in [-0.25, -0.2) is 0 Å². The molecule has 2 rings (SSSR count).